The van der Waals surface area contributed by atoms with E-state index in [-0.39, 0.29) is 11.6 Å². The van der Waals surface area contributed by atoms with Crippen LogP contribution in [0.4, 0.5) is 4.39 Å². The number of rotatable bonds is 4. The normalized spacial score (nSPS) is 10.8. The average Bonchev–Trinajstić information content (AvgIpc) is 2.18. The fourth-order valence-corrected chi connectivity index (χ4v) is 1.19. The molecule has 1 nitrogen and oxygen atoms in total. The van der Waals surface area contributed by atoms with Crippen molar-refractivity contribution in [1.29, 1.82) is 0 Å². The summed E-state index contributed by atoms with van der Waals surface area (Å²) in [6, 6.07) is 4.84. The first kappa shape index (κ1) is 11.1. The number of benzene rings is 1. The van der Waals surface area contributed by atoms with E-state index in [0.29, 0.717) is 5.88 Å². The highest BCUT2D eigenvalue weighted by molar-refractivity contribution is 6.17. The Labute approximate surface area is 88.1 Å². The highest BCUT2D eigenvalue weighted by Crippen LogP contribution is 2.18. The van der Waals surface area contributed by atoms with Gasteiger partial charge in [-0.3, -0.25) is 0 Å². The second-order valence-corrected chi connectivity index (χ2v) is 3.15. The molecule has 0 fully saturated rings. The van der Waals surface area contributed by atoms with E-state index in [9.17, 15) is 4.39 Å². The Bertz CT molecular complexity index is 323. The van der Waals surface area contributed by atoms with E-state index in [2.05, 4.69) is 0 Å². The maximum atomic E-state index is 13.2. The van der Waals surface area contributed by atoms with E-state index >= 15 is 0 Å². The highest BCUT2D eigenvalue weighted by Gasteiger charge is 2.00. The molecule has 76 valence electrons. The largest absolute Gasteiger partial charge is 0.494 e. The van der Waals surface area contributed by atoms with Gasteiger partial charge in [-0.05, 0) is 24.1 Å². The lowest BCUT2D eigenvalue weighted by molar-refractivity contribution is 0.386. The third-order valence-corrected chi connectivity index (χ3v) is 1.98. The Morgan fingerprint density at radius 1 is 1.50 bits per heavy atom. The summed E-state index contributed by atoms with van der Waals surface area (Å²) >= 11 is 5.50. The molecule has 0 aromatic heterocycles. The van der Waals surface area contributed by atoms with Gasteiger partial charge in [0.25, 0.3) is 0 Å². The molecule has 14 heavy (non-hydrogen) atoms. The van der Waals surface area contributed by atoms with E-state index in [0.717, 1.165) is 12.0 Å². The summed E-state index contributed by atoms with van der Waals surface area (Å²) in [6.45, 7) is 0. The Morgan fingerprint density at radius 2 is 2.29 bits per heavy atom. The predicted octanol–water partition coefficient (Wildman–Crippen LogP) is 3.48. The van der Waals surface area contributed by atoms with Crippen LogP contribution in [0.2, 0.25) is 0 Å². The van der Waals surface area contributed by atoms with Gasteiger partial charge in [-0.2, -0.15) is 0 Å². The maximum Gasteiger partial charge on any atom is 0.165 e. The van der Waals surface area contributed by atoms with E-state index < -0.39 is 0 Å². The van der Waals surface area contributed by atoms with Gasteiger partial charge in [0.1, 0.15) is 0 Å². The van der Waals surface area contributed by atoms with Crippen molar-refractivity contribution in [2.24, 2.45) is 0 Å². The predicted molar refractivity (Wildman–Crippen MR) is 57.3 cm³/mol. The SMILES string of the molecule is COc1ccc(/C=C/CCCl)cc1F. The van der Waals surface area contributed by atoms with Crippen LogP contribution >= 0.6 is 11.6 Å². The van der Waals surface area contributed by atoms with Crippen LogP contribution in [0, 0.1) is 5.82 Å². The number of hydrogen-bond acceptors (Lipinski definition) is 1. The van der Waals surface area contributed by atoms with Crippen LogP contribution in [0.3, 0.4) is 0 Å². The summed E-state index contributed by atoms with van der Waals surface area (Å²) in [4.78, 5) is 0. The van der Waals surface area contributed by atoms with Crippen molar-refractivity contribution in [3.05, 3.63) is 35.7 Å². The number of methoxy groups -OCH3 is 1. The summed E-state index contributed by atoms with van der Waals surface area (Å²) in [5.41, 5.74) is 0.813. The van der Waals surface area contributed by atoms with Gasteiger partial charge in [-0.25, -0.2) is 4.39 Å². The van der Waals surface area contributed by atoms with Crippen molar-refractivity contribution in [2.45, 2.75) is 6.42 Å². The molecule has 1 aromatic rings. The summed E-state index contributed by atoms with van der Waals surface area (Å²) in [7, 11) is 1.45. The van der Waals surface area contributed by atoms with Crippen LogP contribution in [0.1, 0.15) is 12.0 Å². The first-order valence-corrected chi connectivity index (χ1v) is 4.87. The Balaban J connectivity index is 2.76. The van der Waals surface area contributed by atoms with Crippen molar-refractivity contribution in [3.63, 3.8) is 0 Å². The molecule has 0 heterocycles. The molecule has 3 heteroatoms. The summed E-state index contributed by atoms with van der Waals surface area (Å²) < 4.78 is 18.0. The minimum atomic E-state index is -0.347. The van der Waals surface area contributed by atoms with Gasteiger partial charge >= 0.3 is 0 Å². The monoisotopic (exact) mass is 214 g/mol. The van der Waals surface area contributed by atoms with Gasteiger partial charge < -0.3 is 4.74 Å². The van der Waals surface area contributed by atoms with Crippen LogP contribution < -0.4 is 4.74 Å². The molecule has 0 bridgehead atoms. The molecule has 0 N–H and O–H groups in total. The zero-order valence-electron chi connectivity index (χ0n) is 7.97. The molecule has 0 saturated carbocycles. The van der Waals surface area contributed by atoms with Crippen molar-refractivity contribution in [2.75, 3.05) is 13.0 Å². The van der Waals surface area contributed by atoms with Gasteiger partial charge in [0.05, 0.1) is 7.11 Å². The van der Waals surface area contributed by atoms with Gasteiger partial charge in [0.2, 0.25) is 0 Å². The second kappa shape index (κ2) is 5.66. The lowest BCUT2D eigenvalue weighted by atomic mass is 10.2. The smallest absolute Gasteiger partial charge is 0.165 e. The number of hydrogen-bond donors (Lipinski definition) is 0. The lowest BCUT2D eigenvalue weighted by Gasteiger charge is -2.01. The standard InChI is InChI=1S/C11H12ClFO/c1-14-11-6-5-9(8-10(11)13)4-2-3-7-12/h2,4-6,8H,3,7H2,1H3/b4-2+. The van der Waals surface area contributed by atoms with Crippen molar-refractivity contribution < 1.29 is 9.13 Å². The molecular weight excluding hydrogens is 203 g/mol. The molecule has 0 aliphatic rings. The molecule has 1 rings (SSSR count). The summed E-state index contributed by atoms with van der Waals surface area (Å²) in [6.07, 6.45) is 4.54. The van der Waals surface area contributed by atoms with Crippen LogP contribution in [0.5, 0.6) is 5.75 Å². The molecule has 0 aliphatic carbocycles. The molecule has 0 radical (unpaired) electrons. The fraction of sp³-hybridized carbons (Fsp3) is 0.273. The van der Waals surface area contributed by atoms with Crippen LogP contribution in [0.25, 0.3) is 6.08 Å². The maximum absolute atomic E-state index is 13.2. The second-order valence-electron chi connectivity index (χ2n) is 2.77. The van der Waals surface area contributed by atoms with Crippen LogP contribution in [0.15, 0.2) is 24.3 Å². The molecule has 0 spiro atoms. The van der Waals surface area contributed by atoms with Gasteiger partial charge in [0.15, 0.2) is 11.6 Å². The van der Waals surface area contributed by atoms with E-state index in [1.807, 2.05) is 12.2 Å². The number of allylic oxidation sites excluding steroid dienone is 1. The minimum Gasteiger partial charge on any atom is -0.494 e. The molecule has 0 saturated heterocycles. The van der Waals surface area contributed by atoms with Crippen LogP contribution in [-0.4, -0.2) is 13.0 Å². The van der Waals surface area contributed by atoms with Gasteiger partial charge in [-0.1, -0.05) is 18.2 Å². The van der Waals surface area contributed by atoms with E-state index in [1.54, 1.807) is 12.1 Å². The van der Waals surface area contributed by atoms with Crippen molar-refractivity contribution in [3.8, 4) is 5.75 Å². The minimum absolute atomic E-state index is 0.263. The Hall–Kier alpha value is -1.02. The highest BCUT2D eigenvalue weighted by atomic mass is 35.5. The van der Waals surface area contributed by atoms with Crippen molar-refractivity contribution in [1.82, 2.24) is 0 Å². The Kier molecular flexibility index (Phi) is 4.47. The van der Waals surface area contributed by atoms with Crippen LogP contribution in [-0.2, 0) is 0 Å². The first-order valence-electron chi connectivity index (χ1n) is 4.34. The first-order chi connectivity index (χ1) is 6.77. The fourth-order valence-electron chi connectivity index (χ4n) is 1.07. The zero-order valence-corrected chi connectivity index (χ0v) is 8.72. The number of halogens is 2. The van der Waals surface area contributed by atoms with Crippen molar-refractivity contribution >= 4 is 17.7 Å². The quantitative estimate of drug-likeness (QED) is 0.698. The molecule has 0 aliphatic heterocycles. The summed E-state index contributed by atoms with van der Waals surface area (Å²) in [5.74, 6) is 0.495. The zero-order chi connectivity index (χ0) is 10.4. The van der Waals surface area contributed by atoms with Gasteiger partial charge in [0, 0.05) is 5.88 Å². The lowest BCUT2D eigenvalue weighted by Crippen LogP contribution is -1.87. The third-order valence-electron chi connectivity index (χ3n) is 1.76. The molecule has 0 atom stereocenters. The van der Waals surface area contributed by atoms with E-state index in [1.165, 1.54) is 13.2 Å². The molecular formula is C11H12ClFO. The molecule has 0 amide bonds. The number of ether oxygens (including phenoxy) is 1. The topological polar surface area (TPSA) is 9.23 Å². The Morgan fingerprint density at radius 3 is 2.86 bits per heavy atom. The number of alkyl halides is 1. The van der Waals surface area contributed by atoms with E-state index in [4.69, 9.17) is 16.3 Å². The molecule has 1 aromatic carbocycles. The molecule has 0 unspecified atom stereocenters. The summed E-state index contributed by atoms with van der Waals surface area (Å²) in [5, 5.41) is 0. The van der Waals surface area contributed by atoms with Gasteiger partial charge in [-0.15, -0.1) is 11.6 Å². The average molecular weight is 215 g/mol. The third kappa shape index (κ3) is 3.04.